The molecule has 0 radical (unpaired) electrons. The predicted molar refractivity (Wildman–Crippen MR) is 101 cm³/mol. The number of amides is 1. The van der Waals surface area contributed by atoms with Crippen LogP contribution in [0.4, 0.5) is 10.2 Å². The Balaban J connectivity index is 2.24. The molecular formula is C19H27FN4O3. The van der Waals surface area contributed by atoms with Crippen molar-refractivity contribution >= 4 is 11.7 Å². The van der Waals surface area contributed by atoms with Crippen LogP contribution in [0.5, 0.6) is 5.75 Å². The van der Waals surface area contributed by atoms with Gasteiger partial charge in [0.1, 0.15) is 22.8 Å². The van der Waals surface area contributed by atoms with Gasteiger partial charge >= 0.3 is 0 Å². The number of carbonyl (C=O) groups is 1. The Labute approximate surface area is 158 Å². The summed E-state index contributed by atoms with van der Waals surface area (Å²) in [5.41, 5.74) is 13.1. The monoisotopic (exact) mass is 378 g/mol. The van der Waals surface area contributed by atoms with Gasteiger partial charge < -0.3 is 20.9 Å². The van der Waals surface area contributed by atoms with Crippen molar-refractivity contribution in [2.24, 2.45) is 5.73 Å². The number of unbranched alkanes of at least 4 members (excludes halogenated alkanes) is 1. The van der Waals surface area contributed by atoms with Crippen molar-refractivity contribution < 1.29 is 18.7 Å². The lowest BCUT2D eigenvalue weighted by Gasteiger charge is -2.15. The van der Waals surface area contributed by atoms with Crippen molar-refractivity contribution in [2.45, 2.75) is 52.6 Å². The SMILES string of the molecule is CCCCOCc1nn(C(C)c2ccc(OC(C)F)cc2)c(N)c1C(N)=O. The topological polar surface area (TPSA) is 105 Å². The molecular weight excluding hydrogens is 351 g/mol. The minimum Gasteiger partial charge on any atom is -0.461 e. The second-order valence-corrected chi connectivity index (χ2v) is 6.33. The lowest BCUT2D eigenvalue weighted by atomic mass is 10.1. The number of anilines is 1. The van der Waals surface area contributed by atoms with Crippen LogP contribution in [0.3, 0.4) is 0 Å². The first kappa shape index (κ1) is 20.7. The van der Waals surface area contributed by atoms with Crippen LogP contribution in [0.2, 0.25) is 0 Å². The number of alkyl halides is 1. The van der Waals surface area contributed by atoms with Gasteiger partial charge in [0.25, 0.3) is 5.91 Å². The Morgan fingerprint density at radius 1 is 1.30 bits per heavy atom. The molecule has 0 aliphatic carbocycles. The number of rotatable bonds is 10. The molecule has 7 nitrogen and oxygen atoms in total. The fraction of sp³-hybridized carbons (Fsp3) is 0.474. The Bertz CT molecular complexity index is 759. The molecule has 0 saturated carbocycles. The van der Waals surface area contributed by atoms with E-state index in [1.165, 1.54) is 6.92 Å². The lowest BCUT2D eigenvalue weighted by molar-refractivity contribution is 0.0860. The molecule has 148 valence electrons. The third-order valence-electron chi connectivity index (χ3n) is 4.18. The second kappa shape index (κ2) is 9.36. The van der Waals surface area contributed by atoms with Gasteiger partial charge in [-0.2, -0.15) is 5.10 Å². The summed E-state index contributed by atoms with van der Waals surface area (Å²) in [6, 6.07) is 6.68. The van der Waals surface area contributed by atoms with E-state index >= 15 is 0 Å². The molecule has 2 atom stereocenters. The van der Waals surface area contributed by atoms with Gasteiger partial charge in [0, 0.05) is 13.5 Å². The molecule has 1 heterocycles. The highest BCUT2D eigenvalue weighted by molar-refractivity contribution is 5.98. The Hall–Kier alpha value is -2.61. The molecule has 8 heteroatoms. The highest BCUT2D eigenvalue weighted by atomic mass is 19.1. The molecule has 27 heavy (non-hydrogen) atoms. The van der Waals surface area contributed by atoms with E-state index in [2.05, 4.69) is 12.0 Å². The van der Waals surface area contributed by atoms with E-state index in [0.29, 0.717) is 18.1 Å². The molecule has 0 bridgehead atoms. The fourth-order valence-electron chi connectivity index (χ4n) is 2.73. The number of hydrogen-bond donors (Lipinski definition) is 2. The Morgan fingerprint density at radius 3 is 2.52 bits per heavy atom. The summed E-state index contributed by atoms with van der Waals surface area (Å²) in [7, 11) is 0. The van der Waals surface area contributed by atoms with Crippen LogP contribution in [-0.2, 0) is 11.3 Å². The summed E-state index contributed by atoms with van der Waals surface area (Å²) < 4.78 is 25.0. The molecule has 1 aromatic heterocycles. The van der Waals surface area contributed by atoms with Crippen LogP contribution in [0.25, 0.3) is 0 Å². The van der Waals surface area contributed by atoms with E-state index in [-0.39, 0.29) is 24.0 Å². The summed E-state index contributed by atoms with van der Waals surface area (Å²) in [5, 5.41) is 4.45. The van der Waals surface area contributed by atoms with Crippen molar-refractivity contribution in [1.82, 2.24) is 9.78 Å². The van der Waals surface area contributed by atoms with Crippen LogP contribution in [0.15, 0.2) is 24.3 Å². The van der Waals surface area contributed by atoms with Gasteiger partial charge in [-0.25, -0.2) is 9.07 Å². The van der Waals surface area contributed by atoms with E-state index in [9.17, 15) is 9.18 Å². The number of aromatic nitrogens is 2. The number of hydrogen-bond acceptors (Lipinski definition) is 5. The van der Waals surface area contributed by atoms with Crippen LogP contribution in [0, 0.1) is 0 Å². The van der Waals surface area contributed by atoms with E-state index in [1.54, 1.807) is 28.9 Å². The van der Waals surface area contributed by atoms with Gasteiger partial charge in [-0.05, 0) is 31.0 Å². The van der Waals surface area contributed by atoms with Crippen molar-refractivity contribution in [2.75, 3.05) is 12.3 Å². The van der Waals surface area contributed by atoms with Crippen LogP contribution in [-0.4, -0.2) is 28.7 Å². The Morgan fingerprint density at radius 2 is 1.96 bits per heavy atom. The Kier molecular flexibility index (Phi) is 7.18. The van der Waals surface area contributed by atoms with Gasteiger partial charge in [-0.1, -0.05) is 25.5 Å². The van der Waals surface area contributed by atoms with Gasteiger partial charge in [0.2, 0.25) is 6.36 Å². The second-order valence-electron chi connectivity index (χ2n) is 6.33. The highest BCUT2D eigenvalue weighted by Crippen LogP contribution is 2.27. The molecule has 0 saturated heterocycles. The van der Waals surface area contributed by atoms with E-state index < -0.39 is 12.3 Å². The number of benzene rings is 1. The van der Waals surface area contributed by atoms with Crippen LogP contribution < -0.4 is 16.2 Å². The van der Waals surface area contributed by atoms with Gasteiger partial charge in [-0.3, -0.25) is 4.79 Å². The minimum atomic E-state index is -1.39. The summed E-state index contributed by atoms with van der Waals surface area (Å²) in [6.45, 7) is 6.02. The number of primary amides is 1. The number of nitrogens with two attached hydrogens (primary N) is 2. The molecule has 0 fully saturated rings. The van der Waals surface area contributed by atoms with Crippen LogP contribution >= 0.6 is 0 Å². The first-order valence-corrected chi connectivity index (χ1v) is 9.00. The average Bonchev–Trinajstić information content (AvgIpc) is 2.95. The number of carbonyl (C=O) groups excluding carboxylic acids is 1. The van der Waals surface area contributed by atoms with E-state index in [4.69, 9.17) is 20.9 Å². The molecule has 2 aromatic rings. The average molecular weight is 378 g/mol. The van der Waals surface area contributed by atoms with E-state index in [0.717, 1.165) is 18.4 Å². The minimum absolute atomic E-state index is 0.170. The maximum absolute atomic E-state index is 12.9. The summed E-state index contributed by atoms with van der Waals surface area (Å²) >= 11 is 0. The van der Waals surface area contributed by atoms with Crippen molar-refractivity contribution in [3.05, 3.63) is 41.1 Å². The smallest absolute Gasteiger partial charge is 0.254 e. The molecule has 0 spiro atoms. The maximum Gasteiger partial charge on any atom is 0.254 e. The molecule has 1 amide bonds. The van der Waals surface area contributed by atoms with Crippen molar-refractivity contribution in [1.29, 1.82) is 0 Å². The first-order chi connectivity index (χ1) is 12.8. The predicted octanol–water partition coefficient (Wildman–Crippen LogP) is 3.18. The standard InChI is InChI=1S/C19H27FN4O3/c1-4-5-10-26-11-16-17(19(22)25)18(21)24(23-16)12(2)14-6-8-15(9-7-14)27-13(3)20/h6-9,12-13H,4-5,10-11,21H2,1-3H3,(H2,22,25). The van der Waals surface area contributed by atoms with Gasteiger partial charge in [0.05, 0.1) is 12.6 Å². The summed E-state index contributed by atoms with van der Waals surface area (Å²) in [5.74, 6) is -0.0141. The van der Waals surface area contributed by atoms with E-state index in [1.807, 2.05) is 6.92 Å². The number of nitrogen functional groups attached to an aromatic ring is 1. The zero-order valence-corrected chi connectivity index (χ0v) is 15.9. The van der Waals surface area contributed by atoms with Crippen LogP contribution in [0.1, 0.15) is 61.3 Å². The zero-order valence-electron chi connectivity index (χ0n) is 15.9. The lowest BCUT2D eigenvalue weighted by Crippen LogP contribution is -2.16. The number of ether oxygens (including phenoxy) is 2. The zero-order chi connectivity index (χ0) is 20.0. The summed E-state index contributed by atoms with van der Waals surface area (Å²) in [4.78, 5) is 11.8. The summed E-state index contributed by atoms with van der Waals surface area (Å²) in [6.07, 6.45) is 0.546. The normalized spacial score (nSPS) is 13.3. The van der Waals surface area contributed by atoms with Crippen molar-refractivity contribution in [3.63, 3.8) is 0 Å². The number of halogens is 1. The first-order valence-electron chi connectivity index (χ1n) is 9.00. The fourth-order valence-corrected chi connectivity index (χ4v) is 2.73. The van der Waals surface area contributed by atoms with Crippen molar-refractivity contribution in [3.8, 4) is 5.75 Å². The maximum atomic E-state index is 12.9. The molecule has 2 unspecified atom stereocenters. The molecule has 2 rings (SSSR count). The quantitative estimate of drug-likeness (QED) is 0.618. The molecule has 0 aliphatic rings. The van der Waals surface area contributed by atoms with Gasteiger partial charge in [-0.15, -0.1) is 0 Å². The largest absolute Gasteiger partial charge is 0.461 e. The molecule has 0 aliphatic heterocycles. The molecule has 4 N–H and O–H groups in total. The third-order valence-corrected chi connectivity index (χ3v) is 4.18. The third kappa shape index (κ3) is 5.19. The molecule has 1 aromatic carbocycles. The highest BCUT2D eigenvalue weighted by Gasteiger charge is 2.23. The van der Waals surface area contributed by atoms with Gasteiger partial charge in [0.15, 0.2) is 0 Å². The number of nitrogens with zero attached hydrogens (tertiary/aromatic N) is 2.